The minimum Gasteiger partial charge on any atom is -0.398 e. The SMILES string of the molecule is Nc1ccccc1C(=O)NC1CCCC(C(F)(F)F)C1. The van der Waals surface area contributed by atoms with Crippen molar-refractivity contribution in [1.82, 2.24) is 5.32 Å². The molecular formula is C14H17F3N2O. The molecule has 1 aliphatic carbocycles. The lowest BCUT2D eigenvalue weighted by molar-refractivity contribution is -0.183. The van der Waals surface area contributed by atoms with E-state index < -0.39 is 24.0 Å². The number of carbonyl (C=O) groups is 1. The zero-order valence-electron chi connectivity index (χ0n) is 10.9. The molecule has 6 heteroatoms. The van der Waals surface area contributed by atoms with E-state index in [1.54, 1.807) is 24.3 Å². The van der Waals surface area contributed by atoms with E-state index in [-0.39, 0.29) is 12.8 Å². The van der Waals surface area contributed by atoms with Gasteiger partial charge >= 0.3 is 6.18 Å². The fraction of sp³-hybridized carbons (Fsp3) is 0.500. The highest BCUT2D eigenvalue weighted by Crippen LogP contribution is 2.37. The summed E-state index contributed by atoms with van der Waals surface area (Å²) in [5, 5.41) is 2.66. The van der Waals surface area contributed by atoms with Gasteiger partial charge in [0.05, 0.1) is 11.5 Å². The lowest BCUT2D eigenvalue weighted by atomic mass is 9.85. The number of anilines is 1. The molecule has 0 bridgehead atoms. The molecule has 0 heterocycles. The third kappa shape index (κ3) is 3.43. The van der Waals surface area contributed by atoms with Crippen molar-refractivity contribution in [3.8, 4) is 0 Å². The summed E-state index contributed by atoms with van der Waals surface area (Å²) in [5.74, 6) is -1.73. The molecule has 3 nitrogen and oxygen atoms in total. The van der Waals surface area contributed by atoms with Crippen LogP contribution in [0.2, 0.25) is 0 Å². The Morgan fingerprint density at radius 1 is 1.25 bits per heavy atom. The fourth-order valence-corrected chi connectivity index (χ4v) is 2.59. The van der Waals surface area contributed by atoms with E-state index in [1.165, 1.54) is 0 Å². The van der Waals surface area contributed by atoms with Crippen LogP contribution in [0.3, 0.4) is 0 Å². The minimum absolute atomic E-state index is 0.0536. The molecule has 1 aromatic carbocycles. The van der Waals surface area contributed by atoms with E-state index in [9.17, 15) is 18.0 Å². The van der Waals surface area contributed by atoms with E-state index in [1.807, 2.05) is 0 Å². The molecule has 3 N–H and O–H groups in total. The smallest absolute Gasteiger partial charge is 0.391 e. The molecule has 0 radical (unpaired) electrons. The molecule has 1 aliphatic rings. The molecule has 2 atom stereocenters. The van der Waals surface area contributed by atoms with Crippen LogP contribution in [-0.4, -0.2) is 18.1 Å². The van der Waals surface area contributed by atoms with Gasteiger partial charge in [0.1, 0.15) is 0 Å². The Bertz CT molecular complexity index is 488. The topological polar surface area (TPSA) is 55.1 Å². The maximum absolute atomic E-state index is 12.7. The van der Waals surface area contributed by atoms with E-state index in [0.29, 0.717) is 24.1 Å². The summed E-state index contributed by atoms with van der Waals surface area (Å²) in [6.45, 7) is 0. The average molecular weight is 286 g/mol. The highest BCUT2D eigenvalue weighted by Gasteiger charge is 2.42. The molecule has 20 heavy (non-hydrogen) atoms. The summed E-state index contributed by atoms with van der Waals surface area (Å²) >= 11 is 0. The number of nitrogens with one attached hydrogen (secondary N) is 1. The zero-order chi connectivity index (χ0) is 14.8. The number of hydrogen-bond donors (Lipinski definition) is 2. The van der Waals surface area contributed by atoms with Crippen LogP contribution in [0.15, 0.2) is 24.3 Å². The minimum atomic E-state index is -4.19. The maximum atomic E-state index is 12.7. The Balaban J connectivity index is 2.00. The lowest BCUT2D eigenvalue weighted by Gasteiger charge is -2.31. The Labute approximate surface area is 115 Å². The van der Waals surface area contributed by atoms with Crippen LogP contribution in [0.25, 0.3) is 0 Å². The van der Waals surface area contributed by atoms with Crippen LogP contribution in [-0.2, 0) is 0 Å². The van der Waals surface area contributed by atoms with Crippen molar-refractivity contribution in [2.24, 2.45) is 5.92 Å². The van der Waals surface area contributed by atoms with Gasteiger partial charge in [-0.2, -0.15) is 13.2 Å². The molecule has 1 aromatic rings. The summed E-state index contributed by atoms with van der Waals surface area (Å²) < 4.78 is 38.1. The zero-order valence-corrected chi connectivity index (χ0v) is 10.9. The van der Waals surface area contributed by atoms with Gasteiger partial charge in [-0.1, -0.05) is 18.6 Å². The molecule has 1 fully saturated rings. The first-order valence-electron chi connectivity index (χ1n) is 6.60. The standard InChI is InChI=1S/C14H17F3N2O/c15-14(16,17)9-4-3-5-10(8-9)19-13(20)11-6-1-2-7-12(11)18/h1-2,6-7,9-10H,3-5,8,18H2,(H,19,20). The Morgan fingerprint density at radius 3 is 2.60 bits per heavy atom. The molecular weight excluding hydrogens is 269 g/mol. The van der Waals surface area contributed by atoms with Gasteiger partial charge in [0.25, 0.3) is 5.91 Å². The largest absolute Gasteiger partial charge is 0.398 e. The summed E-state index contributed by atoms with van der Waals surface area (Å²) in [5.41, 5.74) is 6.32. The first-order chi connectivity index (χ1) is 9.38. The van der Waals surface area contributed by atoms with Gasteiger partial charge < -0.3 is 11.1 Å². The summed E-state index contributed by atoms with van der Waals surface area (Å²) in [6, 6.07) is 6.09. The van der Waals surface area contributed by atoms with Crippen molar-refractivity contribution in [2.45, 2.75) is 37.9 Å². The van der Waals surface area contributed by atoms with E-state index in [2.05, 4.69) is 5.32 Å². The van der Waals surface area contributed by atoms with Crippen LogP contribution >= 0.6 is 0 Å². The van der Waals surface area contributed by atoms with Crippen LogP contribution in [0.4, 0.5) is 18.9 Å². The summed E-state index contributed by atoms with van der Waals surface area (Å²) in [6.07, 6.45) is -3.05. The average Bonchev–Trinajstić information content (AvgIpc) is 2.38. The number of nitrogen functional groups attached to an aromatic ring is 1. The Kier molecular flexibility index (Phi) is 4.20. The summed E-state index contributed by atoms with van der Waals surface area (Å²) in [7, 11) is 0. The second kappa shape index (κ2) is 5.73. The molecule has 2 rings (SSSR count). The van der Waals surface area contributed by atoms with Gasteiger partial charge in [0.2, 0.25) is 0 Å². The van der Waals surface area contributed by atoms with Crippen molar-refractivity contribution in [1.29, 1.82) is 0 Å². The first-order valence-corrected chi connectivity index (χ1v) is 6.60. The normalized spacial score (nSPS) is 23.4. The third-order valence-corrected chi connectivity index (χ3v) is 3.68. The number of carbonyl (C=O) groups excluding carboxylic acids is 1. The van der Waals surface area contributed by atoms with Gasteiger partial charge in [0, 0.05) is 11.7 Å². The molecule has 0 saturated heterocycles. The third-order valence-electron chi connectivity index (χ3n) is 3.68. The number of alkyl halides is 3. The van der Waals surface area contributed by atoms with E-state index >= 15 is 0 Å². The fourth-order valence-electron chi connectivity index (χ4n) is 2.59. The molecule has 110 valence electrons. The number of nitrogens with two attached hydrogens (primary N) is 1. The van der Waals surface area contributed by atoms with E-state index in [4.69, 9.17) is 5.73 Å². The Morgan fingerprint density at radius 2 is 1.95 bits per heavy atom. The molecule has 0 aliphatic heterocycles. The predicted octanol–water partition coefficient (Wildman–Crippen LogP) is 3.12. The number of hydrogen-bond acceptors (Lipinski definition) is 2. The first kappa shape index (κ1) is 14.7. The number of rotatable bonds is 2. The van der Waals surface area contributed by atoms with Crippen molar-refractivity contribution in [3.63, 3.8) is 0 Å². The summed E-state index contributed by atoms with van der Waals surface area (Å²) in [4.78, 5) is 12.0. The number of halogens is 3. The highest BCUT2D eigenvalue weighted by atomic mass is 19.4. The quantitative estimate of drug-likeness (QED) is 0.821. The second-order valence-corrected chi connectivity index (χ2v) is 5.16. The lowest BCUT2D eigenvalue weighted by Crippen LogP contribution is -2.41. The van der Waals surface area contributed by atoms with Crippen LogP contribution in [0.5, 0.6) is 0 Å². The number of benzene rings is 1. The van der Waals surface area contributed by atoms with Gasteiger partial charge in [-0.25, -0.2) is 0 Å². The van der Waals surface area contributed by atoms with Crippen LogP contribution < -0.4 is 11.1 Å². The molecule has 1 saturated carbocycles. The van der Waals surface area contributed by atoms with Crippen molar-refractivity contribution in [3.05, 3.63) is 29.8 Å². The molecule has 0 aromatic heterocycles. The number of amides is 1. The predicted molar refractivity (Wildman–Crippen MR) is 70.1 cm³/mol. The number of para-hydroxylation sites is 1. The maximum Gasteiger partial charge on any atom is 0.391 e. The van der Waals surface area contributed by atoms with Gasteiger partial charge in [0.15, 0.2) is 0 Å². The molecule has 2 unspecified atom stereocenters. The van der Waals surface area contributed by atoms with Gasteiger partial charge in [-0.15, -0.1) is 0 Å². The molecule has 1 amide bonds. The van der Waals surface area contributed by atoms with Crippen molar-refractivity contribution in [2.75, 3.05) is 5.73 Å². The van der Waals surface area contributed by atoms with Crippen molar-refractivity contribution >= 4 is 11.6 Å². The van der Waals surface area contributed by atoms with Crippen LogP contribution in [0, 0.1) is 5.92 Å². The Hall–Kier alpha value is -1.72. The van der Waals surface area contributed by atoms with E-state index in [0.717, 1.165) is 0 Å². The van der Waals surface area contributed by atoms with Crippen LogP contribution in [0.1, 0.15) is 36.0 Å². The monoisotopic (exact) mass is 286 g/mol. The second-order valence-electron chi connectivity index (χ2n) is 5.16. The van der Waals surface area contributed by atoms with Gasteiger partial charge in [-0.3, -0.25) is 4.79 Å². The molecule has 0 spiro atoms. The van der Waals surface area contributed by atoms with Gasteiger partial charge in [-0.05, 0) is 31.4 Å². The highest BCUT2D eigenvalue weighted by molar-refractivity contribution is 5.99. The van der Waals surface area contributed by atoms with Crippen molar-refractivity contribution < 1.29 is 18.0 Å².